The molecule has 1 atom stereocenters. The summed E-state index contributed by atoms with van der Waals surface area (Å²) >= 11 is 11.9. The van der Waals surface area contributed by atoms with Crippen molar-refractivity contribution < 1.29 is 27.5 Å². The molecule has 2 aromatic rings. The van der Waals surface area contributed by atoms with Gasteiger partial charge in [0.25, 0.3) is 5.91 Å². The summed E-state index contributed by atoms with van der Waals surface area (Å²) in [7, 11) is 0. The second-order valence-electron chi connectivity index (χ2n) is 7.26. The molecule has 30 heavy (non-hydrogen) atoms. The molecule has 1 amide bonds. The molecule has 162 valence electrons. The number of benzene rings is 1. The number of alkyl halides is 4. The molecule has 2 N–H and O–H groups in total. The van der Waals surface area contributed by atoms with E-state index in [1.807, 2.05) is 0 Å². The molecular formula is C20H18Cl2F4N2O2. The van der Waals surface area contributed by atoms with Crippen molar-refractivity contribution in [1.29, 1.82) is 0 Å². The molecule has 0 saturated heterocycles. The van der Waals surface area contributed by atoms with Crippen molar-refractivity contribution >= 4 is 29.1 Å². The van der Waals surface area contributed by atoms with Crippen LogP contribution in [-0.4, -0.2) is 27.8 Å². The normalized spacial score (nSPS) is 23.1. The van der Waals surface area contributed by atoms with E-state index in [2.05, 4.69) is 10.3 Å². The van der Waals surface area contributed by atoms with Gasteiger partial charge in [-0.2, -0.15) is 13.2 Å². The van der Waals surface area contributed by atoms with E-state index in [0.29, 0.717) is 6.07 Å². The SMILES string of the molecule is O=C(NC(c1cccc(Cl)n1)[C@]1(O)CC[C@@H](F)CC1)c1ccc(C(F)(F)F)cc1Cl. The minimum atomic E-state index is -4.61. The number of nitrogens with zero attached hydrogens (tertiary/aromatic N) is 1. The Morgan fingerprint density at radius 3 is 2.43 bits per heavy atom. The molecular weight excluding hydrogens is 447 g/mol. The van der Waals surface area contributed by atoms with Crippen LogP contribution in [0.2, 0.25) is 10.2 Å². The fourth-order valence-electron chi connectivity index (χ4n) is 3.52. The predicted octanol–water partition coefficient (Wildman–Crippen LogP) is 5.52. The van der Waals surface area contributed by atoms with E-state index in [-0.39, 0.29) is 47.1 Å². The second-order valence-corrected chi connectivity index (χ2v) is 8.06. The van der Waals surface area contributed by atoms with Crippen molar-refractivity contribution in [3.8, 4) is 0 Å². The molecule has 1 aliphatic rings. The highest BCUT2D eigenvalue weighted by Gasteiger charge is 2.43. The maximum absolute atomic E-state index is 13.6. The number of halogens is 6. The largest absolute Gasteiger partial charge is 0.416 e. The Hall–Kier alpha value is -1.90. The van der Waals surface area contributed by atoms with Gasteiger partial charge < -0.3 is 10.4 Å². The Labute approximate surface area is 180 Å². The molecule has 1 aromatic heterocycles. The predicted molar refractivity (Wildman–Crippen MR) is 104 cm³/mol. The monoisotopic (exact) mass is 464 g/mol. The van der Waals surface area contributed by atoms with Crippen molar-refractivity contribution in [2.45, 2.75) is 49.7 Å². The first-order chi connectivity index (χ1) is 14.0. The molecule has 0 radical (unpaired) electrons. The van der Waals surface area contributed by atoms with Crippen molar-refractivity contribution in [3.05, 3.63) is 63.4 Å². The summed E-state index contributed by atoms with van der Waals surface area (Å²) in [5.41, 5.74) is -2.44. The number of rotatable bonds is 4. The van der Waals surface area contributed by atoms with Gasteiger partial charge in [-0.1, -0.05) is 29.3 Å². The third-order valence-electron chi connectivity index (χ3n) is 5.17. The van der Waals surface area contributed by atoms with E-state index in [1.54, 1.807) is 12.1 Å². The molecule has 0 spiro atoms. The van der Waals surface area contributed by atoms with Gasteiger partial charge in [0.2, 0.25) is 0 Å². The van der Waals surface area contributed by atoms with Crippen LogP contribution < -0.4 is 5.32 Å². The minimum Gasteiger partial charge on any atom is -0.387 e. The summed E-state index contributed by atoms with van der Waals surface area (Å²) < 4.78 is 52.2. The lowest BCUT2D eigenvalue weighted by atomic mass is 9.77. The molecule has 0 aliphatic heterocycles. The number of aliphatic hydroxyl groups is 1. The van der Waals surface area contributed by atoms with Gasteiger partial charge in [0, 0.05) is 0 Å². The summed E-state index contributed by atoms with van der Waals surface area (Å²) in [6.07, 6.45) is -5.33. The van der Waals surface area contributed by atoms with E-state index in [0.717, 1.165) is 12.1 Å². The third kappa shape index (κ3) is 5.04. The standard InChI is InChI=1S/C20H18Cl2F4N2O2/c21-14-10-11(20(24,25)26)4-5-13(14)18(29)28-17(15-2-1-3-16(22)27-15)19(30)8-6-12(23)7-9-19/h1-5,10,12,17,30H,6-9H2,(H,28,29)/t12-,17?,19+. The van der Waals surface area contributed by atoms with Gasteiger partial charge in [-0.15, -0.1) is 0 Å². The van der Waals surface area contributed by atoms with E-state index >= 15 is 0 Å². The maximum atomic E-state index is 13.6. The van der Waals surface area contributed by atoms with Gasteiger partial charge in [0.15, 0.2) is 0 Å². The summed E-state index contributed by atoms with van der Waals surface area (Å²) in [6, 6.07) is 5.95. The Morgan fingerprint density at radius 2 is 1.87 bits per heavy atom. The van der Waals surface area contributed by atoms with Crippen LogP contribution in [0.25, 0.3) is 0 Å². The van der Waals surface area contributed by atoms with Crippen LogP contribution in [0.3, 0.4) is 0 Å². The van der Waals surface area contributed by atoms with Gasteiger partial charge in [0.1, 0.15) is 17.4 Å². The lowest BCUT2D eigenvalue weighted by Crippen LogP contribution is -2.49. The number of nitrogens with one attached hydrogen (secondary N) is 1. The van der Waals surface area contributed by atoms with Crippen LogP contribution in [0.5, 0.6) is 0 Å². The quantitative estimate of drug-likeness (QED) is 0.462. The third-order valence-corrected chi connectivity index (χ3v) is 5.69. The minimum absolute atomic E-state index is 0.0635. The van der Waals surface area contributed by atoms with E-state index in [1.165, 1.54) is 6.07 Å². The molecule has 1 heterocycles. The van der Waals surface area contributed by atoms with Crippen LogP contribution in [-0.2, 0) is 6.18 Å². The summed E-state index contributed by atoms with van der Waals surface area (Å²) in [5, 5.41) is 13.5. The molecule has 3 rings (SSSR count). The Balaban J connectivity index is 1.92. The average Bonchev–Trinajstić information content (AvgIpc) is 2.67. The number of hydrogen-bond donors (Lipinski definition) is 2. The Morgan fingerprint density at radius 1 is 1.20 bits per heavy atom. The fourth-order valence-corrected chi connectivity index (χ4v) is 3.96. The first kappa shape index (κ1) is 22.8. The van der Waals surface area contributed by atoms with E-state index in [9.17, 15) is 27.5 Å². The van der Waals surface area contributed by atoms with Crippen molar-refractivity contribution in [2.24, 2.45) is 0 Å². The lowest BCUT2D eigenvalue weighted by molar-refractivity contribution is -0.137. The number of aromatic nitrogens is 1. The van der Waals surface area contributed by atoms with Crippen LogP contribution >= 0.6 is 23.2 Å². The van der Waals surface area contributed by atoms with Gasteiger partial charge in [0.05, 0.1) is 27.4 Å². The smallest absolute Gasteiger partial charge is 0.387 e. The summed E-state index contributed by atoms with van der Waals surface area (Å²) in [6.45, 7) is 0. The van der Waals surface area contributed by atoms with Gasteiger partial charge in [-0.3, -0.25) is 4.79 Å². The highest BCUT2D eigenvalue weighted by molar-refractivity contribution is 6.34. The molecule has 1 unspecified atom stereocenters. The van der Waals surface area contributed by atoms with Crippen LogP contribution in [0, 0.1) is 0 Å². The zero-order valence-corrected chi connectivity index (χ0v) is 17.0. The van der Waals surface area contributed by atoms with Crippen molar-refractivity contribution in [1.82, 2.24) is 10.3 Å². The Kier molecular flexibility index (Phi) is 6.60. The zero-order chi connectivity index (χ0) is 22.1. The van der Waals surface area contributed by atoms with Crippen molar-refractivity contribution in [2.75, 3.05) is 0 Å². The molecule has 4 nitrogen and oxygen atoms in total. The highest BCUT2D eigenvalue weighted by atomic mass is 35.5. The molecule has 1 saturated carbocycles. The van der Waals surface area contributed by atoms with Gasteiger partial charge in [-0.25, -0.2) is 9.37 Å². The zero-order valence-electron chi connectivity index (χ0n) is 15.5. The van der Waals surface area contributed by atoms with Crippen LogP contribution in [0.15, 0.2) is 36.4 Å². The van der Waals surface area contributed by atoms with Crippen molar-refractivity contribution in [3.63, 3.8) is 0 Å². The fraction of sp³-hybridized carbons (Fsp3) is 0.400. The van der Waals surface area contributed by atoms with Crippen LogP contribution in [0.1, 0.15) is 53.3 Å². The molecule has 1 aliphatic carbocycles. The number of pyridine rings is 1. The topological polar surface area (TPSA) is 62.2 Å². The Bertz CT molecular complexity index is 931. The second kappa shape index (κ2) is 8.69. The van der Waals surface area contributed by atoms with E-state index < -0.39 is 35.5 Å². The number of carbonyl (C=O) groups is 1. The van der Waals surface area contributed by atoms with E-state index in [4.69, 9.17) is 23.2 Å². The number of carbonyl (C=O) groups excluding carboxylic acids is 1. The molecule has 0 bridgehead atoms. The first-order valence-electron chi connectivity index (χ1n) is 9.16. The summed E-state index contributed by atoms with van der Waals surface area (Å²) in [5.74, 6) is -0.795. The van der Waals surface area contributed by atoms with Gasteiger partial charge in [-0.05, 0) is 56.0 Å². The maximum Gasteiger partial charge on any atom is 0.416 e. The average molecular weight is 465 g/mol. The van der Waals surface area contributed by atoms with Crippen LogP contribution in [0.4, 0.5) is 17.6 Å². The van der Waals surface area contributed by atoms with Gasteiger partial charge >= 0.3 is 6.18 Å². The molecule has 1 aromatic carbocycles. The highest BCUT2D eigenvalue weighted by Crippen LogP contribution is 2.40. The first-order valence-corrected chi connectivity index (χ1v) is 9.92. The molecule has 10 heteroatoms. The lowest BCUT2D eigenvalue weighted by Gasteiger charge is -2.40. The summed E-state index contributed by atoms with van der Waals surface area (Å²) in [4.78, 5) is 17.0. The number of amides is 1. The molecule has 1 fully saturated rings. The number of hydrogen-bond acceptors (Lipinski definition) is 3.